The van der Waals surface area contributed by atoms with E-state index in [-0.39, 0.29) is 23.6 Å². The van der Waals surface area contributed by atoms with Gasteiger partial charge in [0.25, 0.3) is 0 Å². The van der Waals surface area contributed by atoms with Crippen LogP contribution in [0.2, 0.25) is 0 Å². The maximum atomic E-state index is 13.6. The van der Waals surface area contributed by atoms with E-state index < -0.39 is 0 Å². The first-order valence-electron chi connectivity index (χ1n) is 10.9. The number of carbonyl (C=O) groups excluding carboxylic acids is 1. The van der Waals surface area contributed by atoms with Crippen LogP contribution in [-0.4, -0.2) is 65.8 Å². The summed E-state index contributed by atoms with van der Waals surface area (Å²) in [6.45, 7) is 4.08. The van der Waals surface area contributed by atoms with Crippen molar-refractivity contribution in [1.82, 2.24) is 20.4 Å². The Balaban J connectivity index is 1.37. The highest BCUT2D eigenvalue weighted by Crippen LogP contribution is 2.32. The number of rotatable bonds is 5. The topological polar surface area (TPSA) is 70.2 Å². The highest BCUT2D eigenvalue weighted by Gasteiger charge is 2.37. The number of hydrogen-bond acceptors (Lipinski definition) is 5. The Morgan fingerprint density at radius 2 is 1.97 bits per heavy atom. The van der Waals surface area contributed by atoms with Crippen molar-refractivity contribution in [3.63, 3.8) is 0 Å². The van der Waals surface area contributed by atoms with Crippen molar-refractivity contribution in [2.24, 2.45) is 0 Å². The zero-order chi connectivity index (χ0) is 21.2. The first-order chi connectivity index (χ1) is 15.2. The normalized spacial score (nSPS) is 25.0. The van der Waals surface area contributed by atoms with Gasteiger partial charge in [-0.15, -0.1) is 0 Å². The lowest BCUT2D eigenvalue weighted by Crippen LogP contribution is -2.57. The molecule has 1 aromatic heterocycles. The van der Waals surface area contributed by atoms with E-state index in [2.05, 4.69) is 20.4 Å². The summed E-state index contributed by atoms with van der Waals surface area (Å²) < 4.78 is 19.1. The van der Waals surface area contributed by atoms with Crippen molar-refractivity contribution < 1.29 is 13.9 Å². The van der Waals surface area contributed by atoms with E-state index in [1.165, 1.54) is 12.1 Å². The third kappa shape index (κ3) is 4.39. The maximum absolute atomic E-state index is 13.6. The molecule has 2 fully saturated rings. The third-order valence-electron chi connectivity index (χ3n) is 6.59. The van der Waals surface area contributed by atoms with E-state index in [1.807, 2.05) is 30.3 Å². The molecule has 0 saturated carbocycles. The number of hydrogen-bond donors (Lipinski definition) is 2. The minimum atomic E-state index is -0.289. The monoisotopic (exact) mass is 422 g/mol. The lowest BCUT2D eigenvalue weighted by atomic mass is 9.79. The van der Waals surface area contributed by atoms with Gasteiger partial charge in [0, 0.05) is 43.4 Å². The molecule has 7 heteroatoms. The third-order valence-corrected chi connectivity index (χ3v) is 6.59. The largest absolute Gasteiger partial charge is 0.379 e. The zero-order valence-electron chi connectivity index (χ0n) is 17.4. The number of Topliss-reactive ketones (excluding diaryl/α,β-unsaturated/α-hetero) is 1. The van der Waals surface area contributed by atoms with Crippen LogP contribution in [0.4, 0.5) is 4.39 Å². The molecule has 3 aromatic rings. The number of carbonyl (C=O) groups is 1. The number of halogens is 1. The van der Waals surface area contributed by atoms with Crippen molar-refractivity contribution >= 4 is 16.7 Å². The molecule has 0 aliphatic carbocycles. The molecule has 2 N–H and O–H groups in total. The molecule has 5 rings (SSSR count). The number of piperidine rings is 1. The van der Waals surface area contributed by atoms with Crippen molar-refractivity contribution in [2.45, 2.75) is 30.8 Å². The van der Waals surface area contributed by atoms with Gasteiger partial charge >= 0.3 is 0 Å². The Bertz CT molecular complexity index is 1050. The van der Waals surface area contributed by atoms with Gasteiger partial charge in [-0.25, -0.2) is 4.39 Å². The smallest absolute Gasteiger partial charge is 0.154 e. The van der Waals surface area contributed by atoms with Crippen LogP contribution in [0.15, 0.2) is 48.7 Å². The second-order valence-electron chi connectivity index (χ2n) is 8.52. The lowest BCUT2D eigenvalue weighted by molar-refractivity contribution is -0.122. The number of fused-ring (bicyclic) bond motifs is 1. The fraction of sp³-hybridized carbons (Fsp3) is 0.417. The molecule has 162 valence electrons. The molecule has 2 aliphatic heterocycles. The molecule has 3 unspecified atom stereocenters. The number of H-pyrrole nitrogens is 1. The molecular formula is C24H27FN4O2. The number of morpholine rings is 1. The van der Waals surface area contributed by atoms with Crippen LogP contribution >= 0.6 is 0 Å². The molecule has 3 heterocycles. The summed E-state index contributed by atoms with van der Waals surface area (Å²) in [6.07, 6.45) is 3.00. The van der Waals surface area contributed by atoms with Gasteiger partial charge in [-0.05, 0) is 41.8 Å². The van der Waals surface area contributed by atoms with Gasteiger partial charge in [-0.2, -0.15) is 5.10 Å². The van der Waals surface area contributed by atoms with Gasteiger partial charge in [0.05, 0.1) is 31.0 Å². The Hall–Kier alpha value is -2.61. The van der Waals surface area contributed by atoms with E-state index in [0.717, 1.165) is 61.3 Å². The first kappa shape index (κ1) is 20.3. The molecule has 0 amide bonds. The molecule has 0 spiro atoms. The van der Waals surface area contributed by atoms with Gasteiger partial charge in [0.1, 0.15) is 5.82 Å². The molecule has 2 saturated heterocycles. The summed E-state index contributed by atoms with van der Waals surface area (Å²) >= 11 is 0. The maximum Gasteiger partial charge on any atom is 0.154 e. The van der Waals surface area contributed by atoms with Gasteiger partial charge in [0.15, 0.2) is 5.78 Å². The van der Waals surface area contributed by atoms with Crippen LogP contribution < -0.4 is 5.32 Å². The van der Waals surface area contributed by atoms with Crippen molar-refractivity contribution in [1.29, 1.82) is 0 Å². The molecule has 3 atom stereocenters. The zero-order valence-corrected chi connectivity index (χ0v) is 17.4. The van der Waals surface area contributed by atoms with Gasteiger partial charge in [-0.3, -0.25) is 14.8 Å². The minimum Gasteiger partial charge on any atom is -0.379 e. The quantitative estimate of drug-likeness (QED) is 0.662. The van der Waals surface area contributed by atoms with Crippen LogP contribution in [0.5, 0.6) is 0 Å². The Morgan fingerprint density at radius 1 is 1.16 bits per heavy atom. The van der Waals surface area contributed by atoms with E-state index in [9.17, 15) is 9.18 Å². The molecule has 6 nitrogen and oxygen atoms in total. The Kier molecular flexibility index (Phi) is 5.80. The number of nitrogens with zero attached hydrogens (tertiary/aromatic N) is 2. The van der Waals surface area contributed by atoms with Crippen LogP contribution in [0, 0.1) is 5.82 Å². The first-order valence-corrected chi connectivity index (χ1v) is 10.9. The number of nitrogens with one attached hydrogen (secondary N) is 2. The molecule has 0 bridgehead atoms. The van der Waals surface area contributed by atoms with E-state index in [0.29, 0.717) is 12.5 Å². The average molecular weight is 423 g/mol. The summed E-state index contributed by atoms with van der Waals surface area (Å²) in [4.78, 5) is 15.8. The fourth-order valence-electron chi connectivity index (χ4n) is 4.93. The Labute approximate surface area is 180 Å². The fourth-order valence-corrected chi connectivity index (χ4v) is 4.93. The van der Waals surface area contributed by atoms with Gasteiger partial charge in [0.2, 0.25) is 0 Å². The average Bonchev–Trinajstić information content (AvgIpc) is 3.28. The number of aromatic nitrogens is 2. The van der Waals surface area contributed by atoms with E-state index in [1.54, 1.807) is 6.20 Å². The lowest BCUT2D eigenvalue weighted by Gasteiger charge is -2.43. The van der Waals surface area contributed by atoms with Crippen LogP contribution in [0.25, 0.3) is 10.9 Å². The van der Waals surface area contributed by atoms with Crippen LogP contribution in [-0.2, 0) is 16.0 Å². The number of ether oxygens (including phenoxy) is 1. The SMILES string of the molecule is O=C(Cc1ccc2[nH]ncc2c1)C1NCC(N2CCOCC2)CC1c1ccc(F)cc1. The molecule has 2 aliphatic rings. The van der Waals surface area contributed by atoms with Crippen molar-refractivity contribution in [3.05, 3.63) is 65.6 Å². The van der Waals surface area contributed by atoms with E-state index in [4.69, 9.17) is 4.74 Å². The van der Waals surface area contributed by atoms with E-state index >= 15 is 0 Å². The molecule has 31 heavy (non-hydrogen) atoms. The standard InChI is InChI=1S/C24H27FN4O2/c25-19-4-2-17(3-5-19)21-13-20(29-7-9-31-10-8-29)15-26-24(21)23(30)12-16-1-6-22-18(11-16)14-27-28-22/h1-6,11,14,20-21,24,26H,7-10,12-13,15H2,(H,27,28). The van der Waals surface area contributed by atoms with Crippen molar-refractivity contribution in [2.75, 3.05) is 32.8 Å². The highest BCUT2D eigenvalue weighted by atomic mass is 19.1. The van der Waals surface area contributed by atoms with Crippen LogP contribution in [0.1, 0.15) is 23.5 Å². The molecule has 2 aromatic carbocycles. The summed E-state index contributed by atoms with van der Waals surface area (Å²) in [5.41, 5.74) is 2.95. The number of aromatic amines is 1. The number of benzene rings is 2. The Morgan fingerprint density at radius 3 is 2.77 bits per heavy atom. The summed E-state index contributed by atoms with van der Waals surface area (Å²) in [5, 5.41) is 11.5. The molecule has 0 radical (unpaired) electrons. The van der Waals surface area contributed by atoms with Crippen molar-refractivity contribution in [3.8, 4) is 0 Å². The summed E-state index contributed by atoms with van der Waals surface area (Å²) in [6, 6.07) is 12.6. The van der Waals surface area contributed by atoms with Gasteiger partial charge in [-0.1, -0.05) is 18.2 Å². The number of ketones is 1. The summed E-state index contributed by atoms with van der Waals surface area (Å²) in [5.74, 6) is -0.0847. The molecular weight excluding hydrogens is 395 g/mol. The predicted octanol–water partition coefficient (Wildman–Crippen LogP) is 2.66. The van der Waals surface area contributed by atoms with Gasteiger partial charge < -0.3 is 10.1 Å². The highest BCUT2D eigenvalue weighted by molar-refractivity contribution is 5.88. The minimum absolute atomic E-state index is 0.00681. The second-order valence-corrected chi connectivity index (χ2v) is 8.52. The predicted molar refractivity (Wildman–Crippen MR) is 117 cm³/mol. The second kappa shape index (κ2) is 8.86. The summed E-state index contributed by atoms with van der Waals surface area (Å²) in [7, 11) is 0. The van der Waals surface area contributed by atoms with Crippen LogP contribution in [0.3, 0.4) is 0 Å².